The van der Waals surface area contributed by atoms with Crippen LogP contribution >= 0.6 is 0 Å². The first-order valence-electron chi connectivity index (χ1n) is 12.6. The van der Waals surface area contributed by atoms with E-state index < -0.39 is 66.2 Å². The largest absolute Gasteiger partial charge is 0.481 e. The first kappa shape index (κ1) is 32.8. The summed E-state index contributed by atoms with van der Waals surface area (Å²) in [6.45, 7) is 3.74. The summed E-state index contributed by atoms with van der Waals surface area (Å²) in [5.41, 5.74) is 11.7. The number of carbonyl (C=O) groups excluding carboxylic acids is 3. The lowest BCUT2D eigenvalue weighted by Gasteiger charge is -2.26. The topological polar surface area (TPSA) is 250 Å². The second-order valence-electron chi connectivity index (χ2n) is 9.21. The van der Waals surface area contributed by atoms with E-state index in [0.717, 1.165) is 0 Å². The fraction of sp³-hybridized carbons (Fsp3) is 0.520. The number of carbonyl (C=O) groups is 5. The Morgan fingerprint density at radius 2 is 1.54 bits per heavy atom. The highest BCUT2D eigenvalue weighted by Crippen LogP contribution is 2.10. The Labute approximate surface area is 226 Å². The molecule has 1 aromatic carbocycles. The van der Waals surface area contributed by atoms with Gasteiger partial charge in [-0.25, -0.2) is 4.79 Å². The number of carboxylic acid groups (broad SMARTS) is 2. The van der Waals surface area contributed by atoms with Crippen molar-refractivity contribution in [2.45, 2.75) is 70.1 Å². The monoisotopic (exact) mass is 549 g/mol. The van der Waals surface area contributed by atoms with Gasteiger partial charge in [-0.05, 0) is 24.3 Å². The van der Waals surface area contributed by atoms with Crippen LogP contribution < -0.4 is 32.7 Å². The summed E-state index contributed by atoms with van der Waals surface area (Å²) >= 11 is 0. The van der Waals surface area contributed by atoms with Crippen LogP contribution in [0.1, 0.15) is 45.1 Å². The molecule has 14 nitrogen and oxygen atoms in total. The van der Waals surface area contributed by atoms with Crippen molar-refractivity contribution < 1.29 is 34.2 Å². The molecular weight excluding hydrogens is 510 g/mol. The van der Waals surface area contributed by atoms with Crippen molar-refractivity contribution in [2.24, 2.45) is 17.4 Å². The van der Waals surface area contributed by atoms with Crippen LogP contribution in [0.5, 0.6) is 0 Å². The van der Waals surface area contributed by atoms with Gasteiger partial charge in [0.2, 0.25) is 17.7 Å². The minimum Gasteiger partial charge on any atom is -0.481 e. The van der Waals surface area contributed by atoms with E-state index in [4.69, 9.17) is 16.9 Å². The van der Waals surface area contributed by atoms with Gasteiger partial charge >= 0.3 is 11.9 Å². The molecule has 0 aliphatic carbocycles. The van der Waals surface area contributed by atoms with Crippen LogP contribution in [0.3, 0.4) is 0 Å². The van der Waals surface area contributed by atoms with Crippen molar-refractivity contribution in [1.29, 1.82) is 5.41 Å². The summed E-state index contributed by atoms with van der Waals surface area (Å²) in [5, 5.41) is 35.8. The van der Waals surface area contributed by atoms with E-state index in [2.05, 4.69) is 21.3 Å². The Balaban J connectivity index is 3.05. The molecule has 0 fully saturated rings. The van der Waals surface area contributed by atoms with Gasteiger partial charge in [-0.2, -0.15) is 0 Å². The molecule has 11 N–H and O–H groups in total. The van der Waals surface area contributed by atoms with E-state index in [0.29, 0.717) is 24.9 Å². The van der Waals surface area contributed by atoms with Gasteiger partial charge in [0.05, 0.1) is 12.5 Å². The molecular formula is C25H39N7O7. The molecule has 0 aliphatic heterocycles. The number of nitrogens with one attached hydrogen (secondary N) is 5. The lowest BCUT2D eigenvalue weighted by molar-refractivity contribution is -0.144. The third kappa shape index (κ3) is 12.3. The average Bonchev–Trinajstić information content (AvgIpc) is 2.88. The fourth-order valence-electron chi connectivity index (χ4n) is 3.61. The van der Waals surface area contributed by atoms with E-state index in [-0.39, 0.29) is 18.8 Å². The van der Waals surface area contributed by atoms with Gasteiger partial charge in [-0.15, -0.1) is 0 Å². The minimum absolute atomic E-state index is 0.0122. The Kier molecular flexibility index (Phi) is 14.0. The van der Waals surface area contributed by atoms with Crippen molar-refractivity contribution in [3.63, 3.8) is 0 Å². The van der Waals surface area contributed by atoms with E-state index in [1.54, 1.807) is 44.2 Å². The van der Waals surface area contributed by atoms with Crippen LogP contribution in [0.4, 0.5) is 0 Å². The number of hydrogen-bond donors (Lipinski definition) is 9. The highest BCUT2D eigenvalue weighted by molar-refractivity contribution is 5.95. The molecule has 0 aromatic heterocycles. The zero-order valence-electron chi connectivity index (χ0n) is 22.1. The average molecular weight is 550 g/mol. The number of carboxylic acids is 2. The lowest BCUT2D eigenvalue weighted by Crippen LogP contribution is -2.58. The van der Waals surface area contributed by atoms with Crippen molar-refractivity contribution in [3.05, 3.63) is 35.9 Å². The van der Waals surface area contributed by atoms with E-state index in [1.807, 2.05) is 0 Å². The lowest BCUT2D eigenvalue weighted by atomic mass is 9.98. The maximum atomic E-state index is 13.1. The Morgan fingerprint density at radius 3 is 2.08 bits per heavy atom. The Bertz CT molecular complexity index is 1010. The van der Waals surface area contributed by atoms with Crippen molar-refractivity contribution in [3.8, 4) is 0 Å². The summed E-state index contributed by atoms with van der Waals surface area (Å²) in [7, 11) is 0. The predicted molar refractivity (Wildman–Crippen MR) is 142 cm³/mol. The van der Waals surface area contributed by atoms with Gasteiger partial charge in [0.1, 0.15) is 18.1 Å². The minimum atomic E-state index is -1.55. The van der Waals surface area contributed by atoms with Crippen molar-refractivity contribution >= 4 is 35.6 Å². The van der Waals surface area contributed by atoms with E-state index in [9.17, 15) is 34.2 Å². The summed E-state index contributed by atoms with van der Waals surface area (Å²) in [4.78, 5) is 62.0. The smallest absolute Gasteiger partial charge is 0.326 e. The summed E-state index contributed by atoms with van der Waals surface area (Å²) < 4.78 is 0. The predicted octanol–water partition coefficient (Wildman–Crippen LogP) is -1.12. The molecule has 216 valence electrons. The van der Waals surface area contributed by atoms with Gasteiger partial charge in [0.25, 0.3) is 0 Å². The van der Waals surface area contributed by atoms with Gasteiger partial charge in [-0.3, -0.25) is 24.6 Å². The summed E-state index contributed by atoms with van der Waals surface area (Å²) in [5.74, 6) is -5.72. The maximum absolute atomic E-state index is 13.1. The molecule has 0 heterocycles. The zero-order chi connectivity index (χ0) is 29.5. The quantitative estimate of drug-likeness (QED) is 0.0643. The molecule has 0 radical (unpaired) electrons. The second-order valence-corrected chi connectivity index (χ2v) is 9.21. The third-order valence-corrected chi connectivity index (χ3v) is 6.05. The number of guanidine groups is 1. The van der Waals surface area contributed by atoms with E-state index in [1.165, 1.54) is 0 Å². The maximum Gasteiger partial charge on any atom is 0.326 e. The summed E-state index contributed by atoms with van der Waals surface area (Å²) in [6.07, 6.45) is 0.232. The van der Waals surface area contributed by atoms with E-state index >= 15 is 0 Å². The Hall–Kier alpha value is -4.20. The normalized spacial score (nSPS) is 14.5. The van der Waals surface area contributed by atoms with Gasteiger partial charge in [0, 0.05) is 13.0 Å². The highest BCUT2D eigenvalue weighted by atomic mass is 16.4. The SMILES string of the molecule is CC[C@H](C)[C@H](NC(=O)[C@H](Cc1ccccc1)NC(=O)[C@H](CC(=O)O)NC(=O)[C@@H](N)CCCNC(=N)N)C(=O)O. The van der Waals surface area contributed by atoms with Crippen LogP contribution in [-0.2, 0) is 30.4 Å². The van der Waals surface area contributed by atoms with Gasteiger partial charge in [-0.1, -0.05) is 50.6 Å². The molecule has 0 saturated carbocycles. The molecule has 3 amide bonds. The first-order valence-corrected chi connectivity index (χ1v) is 12.6. The molecule has 1 aromatic rings. The van der Waals surface area contributed by atoms with Crippen LogP contribution in [0.2, 0.25) is 0 Å². The highest BCUT2D eigenvalue weighted by Gasteiger charge is 2.32. The number of amides is 3. The van der Waals surface area contributed by atoms with Crippen LogP contribution in [0, 0.1) is 11.3 Å². The number of rotatable bonds is 17. The number of benzene rings is 1. The van der Waals surface area contributed by atoms with Crippen LogP contribution in [0.15, 0.2) is 30.3 Å². The Morgan fingerprint density at radius 1 is 0.949 bits per heavy atom. The van der Waals surface area contributed by atoms with Crippen LogP contribution in [0.25, 0.3) is 0 Å². The third-order valence-electron chi connectivity index (χ3n) is 6.05. The molecule has 0 aliphatic rings. The second kappa shape index (κ2) is 16.6. The fourth-order valence-corrected chi connectivity index (χ4v) is 3.61. The molecule has 0 bridgehead atoms. The molecule has 0 unspecified atom stereocenters. The number of nitrogens with two attached hydrogens (primary N) is 2. The molecule has 0 saturated heterocycles. The molecule has 1 rings (SSSR count). The van der Waals surface area contributed by atoms with Gasteiger partial charge in [0.15, 0.2) is 5.96 Å². The van der Waals surface area contributed by atoms with Crippen molar-refractivity contribution in [1.82, 2.24) is 21.3 Å². The summed E-state index contributed by atoms with van der Waals surface area (Å²) in [6, 6.07) is 3.56. The number of hydrogen-bond acceptors (Lipinski definition) is 7. The standard InChI is InChI=1S/C25H39N7O7/c1-3-14(2)20(24(38)39)32-23(37)17(12-15-8-5-4-6-9-15)31-22(36)18(13-19(33)34)30-21(35)16(26)10-7-11-29-25(27)28/h4-6,8-9,14,16-18,20H,3,7,10-13,26H2,1-2H3,(H,30,35)(H,31,36)(H,32,37)(H,33,34)(H,38,39)(H4,27,28,29)/t14-,16-,17-,18-,20-/m0/s1. The zero-order valence-corrected chi connectivity index (χ0v) is 22.1. The molecule has 39 heavy (non-hydrogen) atoms. The first-order chi connectivity index (χ1) is 18.3. The number of aliphatic carboxylic acids is 2. The molecule has 0 spiro atoms. The van der Waals surface area contributed by atoms with Crippen molar-refractivity contribution in [2.75, 3.05) is 6.54 Å². The van der Waals surface area contributed by atoms with Crippen LogP contribution in [-0.4, -0.2) is 76.5 Å². The molecule has 14 heteroatoms. The van der Waals surface area contributed by atoms with Gasteiger partial charge < -0.3 is 42.9 Å². The molecule has 5 atom stereocenters.